The van der Waals surface area contributed by atoms with Crippen molar-refractivity contribution in [2.45, 2.75) is 12.8 Å². The number of aliphatic hydroxyl groups is 1. The number of aliphatic hydroxyl groups excluding tert-OH is 1. The predicted molar refractivity (Wildman–Crippen MR) is 58.4 cm³/mol. The van der Waals surface area contributed by atoms with Crippen molar-refractivity contribution in [3.05, 3.63) is 34.1 Å². The Balaban J connectivity index is 2.49. The quantitative estimate of drug-likeness (QED) is 0.923. The first-order chi connectivity index (χ1) is 8.41. The molecule has 2 aromatic rings. The minimum Gasteiger partial charge on any atom is -0.388 e. The number of nitrogens with zero attached hydrogens (tertiary/aromatic N) is 2. The second-order valence-electron chi connectivity index (χ2n) is 3.37. The van der Waals surface area contributed by atoms with Crippen molar-refractivity contribution in [3.8, 4) is 11.5 Å². The van der Waals surface area contributed by atoms with Crippen molar-refractivity contribution >= 4 is 15.9 Å². The van der Waals surface area contributed by atoms with Gasteiger partial charge in [-0.2, -0.15) is 18.2 Å². The molecule has 4 nitrogen and oxygen atoms in total. The fourth-order valence-corrected chi connectivity index (χ4v) is 1.71. The highest BCUT2D eigenvalue weighted by molar-refractivity contribution is 9.10. The Bertz CT molecular complexity index is 568. The van der Waals surface area contributed by atoms with Crippen molar-refractivity contribution in [1.29, 1.82) is 0 Å². The highest BCUT2D eigenvalue weighted by atomic mass is 79.9. The Hall–Kier alpha value is -1.41. The summed E-state index contributed by atoms with van der Waals surface area (Å²) in [7, 11) is 0. The van der Waals surface area contributed by atoms with Crippen LogP contribution in [0.5, 0.6) is 0 Å². The van der Waals surface area contributed by atoms with Crippen LogP contribution in [-0.4, -0.2) is 15.2 Å². The third-order valence-electron chi connectivity index (χ3n) is 2.13. The lowest BCUT2D eigenvalue weighted by atomic mass is 10.1. The molecule has 8 heteroatoms. The van der Waals surface area contributed by atoms with Crippen LogP contribution in [-0.2, 0) is 12.8 Å². The minimum absolute atomic E-state index is 0.00862. The summed E-state index contributed by atoms with van der Waals surface area (Å²) in [5, 5.41) is 12.2. The lowest BCUT2D eigenvalue weighted by Gasteiger charge is -2.08. The lowest BCUT2D eigenvalue weighted by molar-refractivity contribution is -0.137. The number of rotatable bonds is 2. The van der Waals surface area contributed by atoms with Crippen LogP contribution in [0.25, 0.3) is 11.5 Å². The van der Waals surface area contributed by atoms with Crippen LogP contribution in [0, 0.1) is 0 Å². The molecular formula is C10H6BrF3N2O2. The fraction of sp³-hybridized carbons (Fsp3) is 0.200. The zero-order valence-corrected chi connectivity index (χ0v) is 10.3. The first-order valence-electron chi connectivity index (χ1n) is 4.72. The van der Waals surface area contributed by atoms with E-state index >= 15 is 0 Å². The maximum Gasteiger partial charge on any atom is 0.416 e. The minimum atomic E-state index is -4.45. The van der Waals surface area contributed by atoms with Gasteiger partial charge < -0.3 is 9.63 Å². The van der Waals surface area contributed by atoms with E-state index in [9.17, 15) is 13.2 Å². The molecule has 18 heavy (non-hydrogen) atoms. The van der Waals surface area contributed by atoms with E-state index < -0.39 is 18.3 Å². The lowest BCUT2D eigenvalue weighted by Crippen LogP contribution is -2.04. The van der Waals surface area contributed by atoms with Crippen LogP contribution < -0.4 is 0 Å². The Morgan fingerprint density at radius 2 is 2.06 bits per heavy atom. The molecule has 0 spiro atoms. The van der Waals surface area contributed by atoms with E-state index in [1.807, 2.05) is 0 Å². The van der Waals surface area contributed by atoms with Gasteiger partial charge in [0, 0.05) is 4.47 Å². The van der Waals surface area contributed by atoms with E-state index in [1.165, 1.54) is 6.07 Å². The maximum absolute atomic E-state index is 12.6. The van der Waals surface area contributed by atoms with E-state index in [0.29, 0.717) is 4.47 Å². The van der Waals surface area contributed by atoms with E-state index in [-0.39, 0.29) is 17.3 Å². The molecule has 0 fully saturated rings. The molecule has 0 saturated heterocycles. The van der Waals surface area contributed by atoms with Crippen LogP contribution >= 0.6 is 15.9 Å². The topological polar surface area (TPSA) is 59.2 Å². The zero-order valence-electron chi connectivity index (χ0n) is 8.70. The molecule has 0 radical (unpaired) electrons. The van der Waals surface area contributed by atoms with Gasteiger partial charge in [0.25, 0.3) is 5.89 Å². The molecule has 0 aliphatic rings. The van der Waals surface area contributed by atoms with Crippen molar-refractivity contribution in [3.63, 3.8) is 0 Å². The molecule has 0 bridgehead atoms. The second kappa shape index (κ2) is 4.69. The second-order valence-corrected chi connectivity index (χ2v) is 4.22. The molecule has 1 aromatic heterocycles. The van der Waals surface area contributed by atoms with Gasteiger partial charge in [-0.25, -0.2) is 0 Å². The van der Waals surface area contributed by atoms with E-state index in [4.69, 9.17) is 9.63 Å². The van der Waals surface area contributed by atoms with E-state index in [2.05, 4.69) is 26.1 Å². The Morgan fingerprint density at radius 1 is 1.33 bits per heavy atom. The van der Waals surface area contributed by atoms with Crippen LogP contribution in [0.15, 0.2) is 27.2 Å². The first-order valence-corrected chi connectivity index (χ1v) is 5.51. The highest BCUT2D eigenvalue weighted by Gasteiger charge is 2.31. The summed E-state index contributed by atoms with van der Waals surface area (Å²) in [6.07, 6.45) is -4.45. The number of halogens is 4. The summed E-state index contributed by atoms with van der Waals surface area (Å²) >= 11 is 3.11. The molecule has 1 aromatic carbocycles. The molecule has 0 amide bonds. The van der Waals surface area contributed by atoms with E-state index in [0.717, 1.165) is 12.1 Å². The molecule has 2 rings (SSSR count). The molecule has 0 unspecified atom stereocenters. The number of hydrogen-bond acceptors (Lipinski definition) is 4. The van der Waals surface area contributed by atoms with Crippen LogP contribution in [0.3, 0.4) is 0 Å². The monoisotopic (exact) mass is 322 g/mol. The Kier molecular flexibility index (Phi) is 3.40. The third kappa shape index (κ3) is 2.54. The average molecular weight is 323 g/mol. The van der Waals surface area contributed by atoms with Gasteiger partial charge in [0.05, 0.1) is 11.1 Å². The summed E-state index contributed by atoms with van der Waals surface area (Å²) < 4.78 is 42.9. The van der Waals surface area contributed by atoms with Gasteiger partial charge in [0.2, 0.25) is 0 Å². The van der Waals surface area contributed by atoms with Gasteiger partial charge in [0.1, 0.15) is 6.61 Å². The number of benzene rings is 1. The summed E-state index contributed by atoms with van der Waals surface area (Å²) in [5.74, 6) is -0.0775. The largest absolute Gasteiger partial charge is 0.416 e. The maximum atomic E-state index is 12.6. The molecule has 0 aliphatic carbocycles. The van der Waals surface area contributed by atoms with Gasteiger partial charge in [-0.3, -0.25) is 0 Å². The van der Waals surface area contributed by atoms with Gasteiger partial charge in [-0.15, -0.1) is 0 Å². The Morgan fingerprint density at radius 3 is 2.61 bits per heavy atom. The molecule has 0 atom stereocenters. The molecule has 1 N–H and O–H groups in total. The Labute approximate surface area is 108 Å². The van der Waals surface area contributed by atoms with Crippen LogP contribution in [0.2, 0.25) is 0 Å². The summed E-state index contributed by atoms with van der Waals surface area (Å²) in [4.78, 5) is 3.76. The summed E-state index contributed by atoms with van der Waals surface area (Å²) in [6, 6.07) is 3.09. The van der Waals surface area contributed by atoms with Crippen molar-refractivity contribution in [2.75, 3.05) is 0 Å². The molecular weight excluding hydrogens is 317 g/mol. The van der Waals surface area contributed by atoms with Gasteiger partial charge in [-0.1, -0.05) is 5.16 Å². The average Bonchev–Trinajstić information content (AvgIpc) is 2.76. The number of hydrogen-bond donors (Lipinski definition) is 1. The highest BCUT2D eigenvalue weighted by Crippen LogP contribution is 2.35. The SMILES string of the molecule is OCc1noc(-c2cc(C(F)(F)F)ccc2Br)n1. The molecule has 96 valence electrons. The number of aromatic nitrogens is 2. The number of alkyl halides is 3. The van der Waals surface area contributed by atoms with Crippen LogP contribution in [0.4, 0.5) is 13.2 Å². The van der Waals surface area contributed by atoms with Crippen molar-refractivity contribution < 1.29 is 22.8 Å². The fourth-order valence-electron chi connectivity index (χ4n) is 1.29. The van der Waals surface area contributed by atoms with Crippen molar-refractivity contribution in [2.24, 2.45) is 0 Å². The summed E-state index contributed by atoms with van der Waals surface area (Å²) in [6.45, 7) is -0.444. The standard InChI is InChI=1S/C10H6BrF3N2O2/c11-7-2-1-5(10(12,13)14)3-6(7)9-15-8(4-17)16-18-9/h1-3,17H,4H2. The first kappa shape index (κ1) is 13.0. The van der Waals surface area contributed by atoms with Gasteiger partial charge in [0.15, 0.2) is 5.82 Å². The predicted octanol–water partition coefficient (Wildman–Crippen LogP) is 3.01. The van der Waals surface area contributed by atoms with Gasteiger partial charge in [-0.05, 0) is 34.1 Å². The molecule has 0 saturated carbocycles. The summed E-state index contributed by atoms with van der Waals surface area (Å²) in [5.41, 5.74) is -0.693. The normalized spacial score (nSPS) is 11.8. The van der Waals surface area contributed by atoms with E-state index in [1.54, 1.807) is 0 Å². The van der Waals surface area contributed by atoms with Gasteiger partial charge >= 0.3 is 6.18 Å². The molecule has 1 heterocycles. The third-order valence-corrected chi connectivity index (χ3v) is 2.83. The molecule has 0 aliphatic heterocycles. The smallest absolute Gasteiger partial charge is 0.388 e. The van der Waals surface area contributed by atoms with Crippen molar-refractivity contribution in [1.82, 2.24) is 10.1 Å². The van der Waals surface area contributed by atoms with Crippen LogP contribution in [0.1, 0.15) is 11.4 Å². The zero-order chi connectivity index (χ0) is 13.3.